The molecule has 3 saturated carbocycles. The Kier molecular flexibility index (Phi) is 7.72. The third-order valence-corrected chi connectivity index (χ3v) is 10.5. The van der Waals surface area contributed by atoms with Gasteiger partial charge in [-0.2, -0.15) is 0 Å². The predicted octanol–water partition coefficient (Wildman–Crippen LogP) is 8.32. The molecule has 0 radical (unpaired) electrons. The van der Waals surface area contributed by atoms with Gasteiger partial charge in [-0.05, 0) is 145 Å². The molecule has 1 N–H and O–H groups in total. The molecular formula is C30H51N. The Bertz CT molecular complexity index is 647. The molecule has 0 bridgehead atoms. The fourth-order valence-electron chi connectivity index (χ4n) is 8.67. The van der Waals surface area contributed by atoms with E-state index in [0.717, 1.165) is 48.5 Å². The van der Waals surface area contributed by atoms with Crippen molar-refractivity contribution >= 4 is 0 Å². The van der Waals surface area contributed by atoms with Crippen molar-refractivity contribution in [3.63, 3.8) is 0 Å². The molecule has 4 aliphatic rings. The molecule has 176 valence electrons. The summed E-state index contributed by atoms with van der Waals surface area (Å²) >= 11 is 0. The molecule has 8 atom stereocenters. The van der Waals surface area contributed by atoms with E-state index in [1.807, 2.05) is 0 Å². The van der Waals surface area contributed by atoms with Gasteiger partial charge in [-0.3, -0.25) is 0 Å². The Morgan fingerprint density at radius 3 is 2.77 bits per heavy atom. The zero-order chi connectivity index (χ0) is 22.0. The van der Waals surface area contributed by atoms with Crippen LogP contribution in [0.25, 0.3) is 0 Å². The van der Waals surface area contributed by atoms with Gasteiger partial charge in [0.25, 0.3) is 0 Å². The van der Waals surface area contributed by atoms with E-state index in [0.29, 0.717) is 11.5 Å². The number of allylic oxidation sites excluding steroid dienone is 3. The van der Waals surface area contributed by atoms with Gasteiger partial charge in [0.2, 0.25) is 0 Å². The molecule has 4 aliphatic carbocycles. The maximum Gasteiger partial charge on any atom is 0.00388 e. The first-order chi connectivity index (χ1) is 14.9. The minimum atomic E-state index is 0.663. The monoisotopic (exact) mass is 425 g/mol. The van der Waals surface area contributed by atoms with E-state index < -0.39 is 0 Å². The van der Waals surface area contributed by atoms with Crippen molar-refractivity contribution in [1.29, 1.82) is 0 Å². The molecule has 1 heteroatoms. The van der Waals surface area contributed by atoms with Crippen molar-refractivity contribution in [3.8, 4) is 0 Å². The summed E-state index contributed by atoms with van der Waals surface area (Å²) in [5, 5.41) is 3.82. The van der Waals surface area contributed by atoms with Crippen LogP contribution >= 0.6 is 0 Å². The van der Waals surface area contributed by atoms with Crippen LogP contribution < -0.4 is 5.32 Å². The van der Waals surface area contributed by atoms with E-state index in [4.69, 9.17) is 0 Å². The van der Waals surface area contributed by atoms with Gasteiger partial charge >= 0.3 is 0 Å². The topological polar surface area (TPSA) is 12.0 Å². The first kappa shape index (κ1) is 23.6. The Morgan fingerprint density at radius 1 is 1.16 bits per heavy atom. The standard InChI is InChI=1S/C30H51N/c1-6-21(2)8-7-19-31-23(4)10-11-24-15-17-30(5)18-16-27-26-13-9-22(3)20-25(26)12-14-28(27)29(24)30/h9,23-29,31H,2,6-8,10-20H2,1,3-5H3. The summed E-state index contributed by atoms with van der Waals surface area (Å²) in [6.45, 7) is 15.0. The zero-order valence-electron chi connectivity index (χ0n) is 21.2. The highest BCUT2D eigenvalue weighted by Gasteiger charge is 2.56. The summed E-state index contributed by atoms with van der Waals surface area (Å²) in [5.74, 6) is 6.15. The van der Waals surface area contributed by atoms with Crippen molar-refractivity contribution in [2.75, 3.05) is 6.54 Å². The quantitative estimate of drug-likeness (QED) is 0.289. The number of fused-ring (bicyclic) bond motifs is 5. The van der Waals surface area contributed by atoms with Crippen LogP contribution in [0.1, 0.15) is 111 Å². The molecule has 0 aliphatic heterocycles. The van der Waals surface area contributed by atoms with Crippen molar-refractivity contribution in [2.45, 2.75) is 117 Å². The van der Waals surface area contributed by atoms with Crippen molar-refractivity contribution < 1.29 is 0 Å². The van der Waals surface area contributed by atoms with Gasteiger partial charge in [0, 0.05) is 6.04 Å². The molecule has 0 spiro atoms. The summed E-state index contributed by atoms with van der Waals surface area (Å²) in [6, 6.07) is 0.670. The minimum absolute atomic E-state index is 0.663. The summed E-state index contributed by atoms with van der Waals surface area (Å²) in [4.78, 5) is 0. The molecule has 8 unspecified atom stereocenters. The second-order valence-corrected chi connectivity index (χ2v) is 12.5. The molecule has 0 aromatic carbocycles. The van der Waals surface area contributed by atoms with E-state index in [-0.39, 0.29) is 0 Å². The largest absolute Gasteiger partial charge is 0.314 e. The van der Waals surface area contributed by atoms with Crippen LogP contribution in [0.15, 0.2) is 23.8 Å². The first-order valence-corrected chi connectivity index (χ1v) is 14.0. The fourth-order valence-corrected chi connectivity index (χ4v) is 8.67. The molecule has 0 heterocycles. The molecule has 0 aromatic heterocycles. The van der Waals surface area contributed by atoms with E-state index in [2.05, 4.69) is 45.7 Å². The van der Waals surface area contributed by atoms with E-state index in [1.165, 1.54) is 69.8 Å². The van der Waals surface area contributed by atoms with Crippen LogP contribution in [0.5, 0.6) is 0 Å². The summed E-state index contributed by atoms with van der Waals surface area (Å²) < 4.78 is 0. The van der Waals surface area contributed by atoms with Crippen molar-refractivity contribution in [3.05, 3.63) is 23.8 Å². The van der Waals surface area contributed by atoms with E-state index in [9.17, 15) is 0 Å². The van der Waals surface area contributed by atoms with Gasteiger partial charge in [-0.25, -0.2) is 0 Å². The van der Waals surface area contributed by atoms with Crippen LogP contribution in [-0.2, 0) is 0 Å². The minimum Gasteiger partial charge on any atom is -0.314 e. The summed E-state index contributed by atoms with van der Waals surface area (Å²) in [5.41, 5.74) is 3.75. The van der Waals surface area contributed by atoms with E-state index >= 15 is 0 Å². The van der Waals surface area contributed by atoms with Gasteiger partial charge < -0.3 is 5.32 Å². The zero-order valence-corrected chi connectivity index (χ0v) is 21.2. The van der Waals surface area contributed by atoms with Gasteiger partial charge in [0.15, 0.2) is 0 Å². The van der Waals surface area contributed by atoms with Gasteiger partial charge in [0.1, 0.15) is 0 Å². The van der Waals surface area contributed by atoms with Crippen LogP contribution in [0.2, 0.25) is 0 Å². The second-order valence-electron chi connectivity index (χ2n) is 12.5. The molecular weight excluding hydrogens is 374 g/mol. The lowest BCUT2D eigenvalue weighted by Crippen LogP contribution is -2.48. The van der Waals surface area contributed by atoms with Gasteiger partial charge in [0.05, 0.1) is 0 Å². The molecule has 4 rings (SSSR count). The molecule has 0 aromatic rings. The van der Waals surface area contributed by atoms with Crippen LogP contribution in [0.4, 0.5) is 0 Å². The fraction of sp³-hybridized carbons (Fsp3) is 0.867. The number of hydrogen-bond donors (Lipinski definition) is 1. The molecule has 31 heavy (non-hydrogen) atoms. The lowest BCUT2D eigenvalue weighted by Gasteiger charge is -2.55. The van der Waals surface area contributed by atoms with Crippen LogP contribution in [0.3, 0.4) is 0 Å². The summed E-state index contributed by atoms with van der Waals surface area (Å²) in [6.07, 6.45) is 21.0. The first-order valence-electron chi connectivity index (χ1n) is 14.0. The average molecular weight is 426 g/mol. The average Bonchev–Trinajstić information content (AvgIpc) is 3.11. The molecule has 1 nitrogen and oxygen atoms in total. The highest BCUT2D eigenvalue weighted by Crippen LogP contribution is 2.64. The SMILES string of the molecule is C=C(CC)CCCNC(C)CCC1CCC2(C)CCC3C4CC=C(C)CC4CCC3C12. The summed E-state index contributed by atoms with van der Waals surface area (Å²) in [7, 11) is 0. The number of nitrogens with one attached hydrogen (secondary N) is 1. The lowest BCUT2D eigenvalue weighted by molar-refractivity contribution is -0.0542. The van der Waals surface area contributed by atoms with Crippen molar-refractivity contribution in [1.82, 2.24) is 5.32 Å². The molecule has 3 fully saturated rings. The lowest BCUT2D eigenvalue weighted by atomic mass is 9.50. The molecule has 0 saturated heterocycles. The van der Waals surface area contributed by atoms with Gasteiger partial charge in [-0.1, -0.05) is 37.6 Å². The Balaban J connectivity index is 1.31. The maximum absolute atomic E-state index is 4.15. The predicted molar refractivity (Wildman–Crippen MR) is 135 cm³/mol. The number of hydrogen-bond acceptors (Lipinski definition) is 1. The normalized spacial score (nSPS) is 40.5. The van der Waals surface area contributed by atoms with Crippen LogP contribution in [0, 0.1) is 40.9 Å². The van der Waals surface area contributed by atoms with Crippen molar-refractivity contribution in [2.24, 2.45) is 40.9 Å². The Hall–Kier alpha value is -0.560. The molecule has 0 amide bonds. The maximum atomic E-state index is 4.15. The van der Waals surface area contributed by atoms with Gasteiger partial charge in [-0.15, -0.1) is 0 Å². The van der Waals surface area contributed by atoms with Crippen LogP contribution in [-0.4, -0.2) is 12.6 Å². The van der Waals surface area contributed by atoms with E-state index in [1.54, 1.807) is 18.4 Å². The highest BCUT2D eigenvalue weighted by atomic mass is 14.9. The smallest absolute Gasteiger partial charge is 0.00388 e. The third-order valence-electron chi connectivity index (χ3n) is 10.5. The second kappa shape index (κ2) is 10.1. The Labute approximate surface area is 193 Å². The third kappa shape index (κ3) is 5.18. The highest BCUT2D eigenvalue weighted by molar-refractivity contribution is 5.11. The number of rotatable bonds is 9. The Morgan fingerprint density at radius 2 is 1.97 bits per heavy atom.